The van der Waals surface area contributed by atoms with Gasteiger partial charge < -0.3 is 20.6 Å². The molecule has 0 aliphatic carbocycles. The third-order valence-corrected chi connectivity index (χ3v) is 6.59. The van der Waals surface area contributed by atoms with E-state index in [2.05, 4.69) is 21.7 Å². The lowest BCUT2D eigenvalue weighted by atomic mass is 9.95. The first kappa shape index (κ1) is 26.5. The zero-order valence-electron chi connectivity index (χ0n) is 19.7. The van der Waals surface area contributed by atoms with Crippen LogP contribution in [0.15, 0.2) is 42.5 Å². The van der Waals surface area contributed by atoms with E-state index >= 15 is 0 Å². The van der Waals surface area contributed by atoms with Crippen LogP contribution in [0.25, 0.3) is 0 Å². The van der Waals surface area contributed by atoms with E-state index in [1.54, 1.807) is 4.90 Å². The molecule has 4 rings (SSSR count). The summed E-state index contributed by atoms with van der Waals surface area (Å²) in [7, 11) is 0. The van der Waals surface area contributed by atoms with Gasteiger partial charge in [-0.3, -0.25) is 14.4 Å². The molecule has 0 bridgehead atoms. The monoisotopic (exact) mass is 500 g/mol. The van der Waals surface area contributed by atoms with Gasteiger partial charge in [0, 0.05) is 31.7 Å². The number of fused-ring (bicyclic) bond motifs is 1. The molecule has 2 aliphatic heterocycles. The van der Waals surface area contributed by atoms with Crippen molar-refractivity contribution in [1.82, 2.24) is 15.2 Å². The Labute approximate surface area is 211 Å². The molecule has 3 N–H and O–H groups in total. The second-order valence-corrected chi connectivity index (χ2v) is 9.09. The number of halogens is 1. The van der Waals surface area contributed by atoms with E-state index in [0.29, 0.717) is 32.4 Å². The number of pyridine rings is 1. The maximum Gasteiger partial charge on any atom is 0.305 e. The zero-order chi connectivity index (χ0) is 23.9. The van der Waals surface area contributed by atoms with Gasteiger partial charge in [-0.05, 0) is 49.3 Å². The number of carboxylic acid groups (broad SMARTS) is 1. The molecule has 0 radical (unpaired) electrons. The first-order valence-electron chi connectivity index (χ1n) is 12.1. The highest BCUT2D eigenvalue weighted by Gasteiger charge is 2.30. The van der Waals surface area contributed by atoms with Crippen molar-refractivity contribution in [2.24, 2.45) is 5.92 Å². The lowest BCUT2D eigenvalue weighted by Gasteiger charge is -2.33. The Hall–Kier alpha value is -3.13. The standard InChI is InChI=1S/C26H32N4O4.ClH/c31-23(13-12-21-11-10-19-8-4-14-27-25(19)28-21)30-15-5-9-20(17-30)26(34)29-22(16-24(32)33)18-6-2-1-3-7-18;/h1-3,6-7,10-11,20,22H,4-5,8-9,12-17H2,(H,27,28)(H,29,34)(H,32,33);1H/t20-,22?;/m0./s1. The van der Waals surface area contributed by atoms with Crippen LogP contribution in [0.4, 0.5) is 5.82 Å². The lowest BCUT2D eigenvalue weighted by Crippen LogP contribution is -2.46. The number of benzene rings is 1. The molecule has 2 amide bonds. The number of amides is 2. The molecule has 0 saturated carbocycles. The van der Waals surface area contributed by atoms with E-state index in [1.807, 2.05) is 36.4 Å². The summed E-state index contributed by atoms with van der Waals surface area (Å²) in [5, 5.41) is 15.5. The maximum absolute atomic E-state index is 13.0. The normalized spacial score (nSPS) is 17.8. The maximum atomic E-state index is 13.0. The summed E-state index contributed by atoms with van der Waals surface area (Å²) in [5.41, 5.74) is 2.88. The predicted octanol–water partition coefficient (Wildman–Crippen LogP) is 3.36. The highest BCUT2D eigenvalue weighted by Crippen LogP contribution is 2.23. The number of rotatable bonds is 8. The smallest absolute Gasteiger partial charge is 0.305 e. The van der Waals surface area contributed by atoms with Gasteiger partial charge in [-0.25, -0.2) is 4.98 Å². The van der Waals surface area contributed by atoms with Gasteiger partial charge in [0.15, 0.2) is 0 Å². The summed E-state index contributed by atoms with van der Waals surface area (Å²) >= 11 is 0. The highest BCUT2D eigenvalue weighted by atomic mass is 35.5. The van der Waals surface area contributed by atoms with Crippen molar-refractivity contribution in [3.63, 3.8) is 0 Å². The molecule has 8 nitrogen and oxygen atoms in total. The van der Waals surface area contributed by atoms with Crippen LogP contribution in [0.2, 0.25) is 0 Å². The third-order valence-electron chi connectivity index (χ3n) is 6.59. The Morgan fingerprint density at radius 2 is 1.94 bits per heavy atom. The van der Waals surface area contributed by atoms with Crippen molar-refractivity contribution in [1.29, 1.82) is 0 Å². The molecule has 2 aromatic rings. The first-order chi connectivity index (χ1) is 16.5. The third kappa shape index (κ3) is 7.18. The average molecular weight is 501 g/mol. The highest BCUT2D eigenvalue weighted by molar-refractivity contribution is 5.85. The van der Waals surface area contributed by atoms with Gasteiger partial charge in [-0.15, -0.1) is 12.4 Å². The van der Waals surface area contributed by atoms with Crippen LogP contribution in [-0.4, -0.2) is 52.4 Å². The number of aromatic nitrogens is 1. The minimum absolute atomic E-state index is 0. The second-order valence-electron chi connectivity index (χ2n) is 9.09. The number of likely N-dealkylation sites (tertiary alicyclic amines) is 1. The van der Waals surface area contributed by atoms with Crippen LogP contribution in [0.5, 0.6) is 0 Å². The lowest BCUT2D eigenvalue weighted by molar-refractivity contribution is -0.138. The average Bonchev–Trinajstić information content (AvgIpc) is 2.87. The number of nitrogens with one attached hydrogen (secondary N) is 2. The Balaban J connectivity index is 0.00000342. The van der Waals surface area contributed by atoms with Crippen LogP contribution < -0.4 is 10.6 Å². The van der Waals surface area contributed by atoms with E-state index in [9.17, 15) is 19.5 Å². The number of carboxylic acids is 1. The van der Waals surface area contributed by atoms with E-state index in [4.69, 9.17) is 0 Å². The van der Waals surface area contributed by atoms with Crippen molar-refractivity contribution in [3.05, 3.63) is 59.3 Å². The minimum atomic E-state index is -0.972. The van der Waals surface area contributed by atoms with Crippen molar-refractivity contribution in [2.75, 3.05) is 25.0 Å². The molecule has 1 fully saturated rings. The Morgan fingerprint density at radius 3 is 2.71 bits per heavy atom. The number of piperidine rings is 1. The van der Waals surface area contributed by atoms with E-state index in [0.717, 1.165) is 42.9 Å². The van der Waals surface area contributed by atoms with Gasteiger partial charge in [-0.2, -0.15) is 0 Å². The second kappa shape index (κ2) is 12.5. The largest absolute Gasteiger partial charge is 0.481 e. The summed E-state index contributed by atoms with van der Waals surface area (Å²) in [4.78, 5) is 43.6. The molecule has 2 atom stereocenters. The van der Waals surface area contributed by atoms with Gasteiger partial charge >= 0.3 is 5.97 Å². The molecule has 0 spiro atoms. The minimum Gasteiger partial charge on any atom is -0.481 e. The molecule has 1 unspecified atom stereocenters. The Morgan fingerprint density at radius 1 is 1.14 bits per heavy atom. The number of carbonyl (C=O) groups excluding carboxylic acids is 2. The number of aliphatic carboxylic acids is 1. The van der Waals surface area contributed by atoms with Gasteiger partial charge in [0.2, 0.25) is 11.8 Å². The molecule has 35 heavy (non-hydrogen) atoms. The van der Waals surface area contributed by atoms with Crippen molar-refractivity contribution in [2.45, 2.75) is 51.0 Å². The van der Waals surface area contributed by atoms with Crippen LogP contribution in [0, 0.1) is 5.92 Å². The number of hydrogen-bond donors (Lipinski definition) is 3. The fourth-order valence-electron chi connectivity index (χ4n) is 4.72. The summed E-state index contributed by atoms with van der Waals surface area (Å²) in [5.74, 6) is -0.560. The molecule has 9 heteroatoms. The SMILES string of the molecule is Cl.O=C(O)CC(NC(=O)[C@H]1CCCN(C(=O)CCc2ccc3c(n2)NCCC3)C1)c1ccccc1. The van der Waals surface area contributed by atoms with E-state index in [-0.39, 0.29) is 36.6 Å². The molecule has 1 saturated heterocycles. The van der Waals surface area contributed by atoms with Crippen LogP contribution in [0.3, 0.4) is 0 Å². The van der Waals surface area contributed by atoms with Crippen molar-refractivity contribution < 1.29 is 19.5 Å². The molecule has 188 valence electrons. The number of carbonyl (C=O) groups is 3. The number of aryl methyl sites for hydroxylation is 2. The molecule has 1 aromatic heterocycles. The Kier molecular flexibility index (Phi) is 9.48. The summed E-state index contributed by atoms with van der Waals surface area (Å²) in [6, 6.07) is 12.6. The van der Waals surface area contributed by atoms with Gasteiger partial charge in [0.05, 0.1) is 18.4 Å². The van der Waals surface area contributed by atoms with Gasteiger partial charge in [-0.1, -0.05) is 36.4 Å². The number of anilines is 1. The van der Waals surface area contributed by atoms with Crippen molar-refractivity contribution in [3.8, 4) is 0 Å². The van der Waals surface area contributed by atoms with Gasteiger partial charge in [0.1, 0.15) is 5.82 Å². The number of nitrogens with zero attached hydrogens (tertiary/aromatic N) is 2. The molecule has 3 heterocycles. The fourth-order valence-corrected chi connectivity index (χ4v) is 4.72. The van der Waals surface area contributed by atoms with Crippen molar-refractivity contribution >= 4 is 36.0 Å². The topological polar surface area (TPSA) is 112 Å². The van der Waals surface area contributed by atoms with E-state index in [1.165, 1.54) is 5.56 Å². The van der Waals surface area contributed by atoms with Crippen LogP contribution >= 0.6 is 12.4 Å². The molecule has 1 aromatic carbocycles. The van der Waals surface area contributed by atoms with Crippen LogP contribution in [0.1, 0.15) is 55.0 Å². The Bertz CT molecular complexity index is 1030. The number of hydrogen-bond acceptors (Lipinski definition) is 5. The van der Waals surface area contributed by atoms with Crippen LogP contribution in [-0.2, 0) is 27.2 Å². The summed E-state index contributed by atoms with van der Waals surface area (Å²) in [6.45, 7) is 1.93. The first-order valence-corrected chi connectivity index (χ1v) is 12.1. The molecular formula is C26H33ClN4O4. The van der Waals surface area contributed by atoms with E-state index < -0.39 is 12.0 Å². The fraction of sp³-hybridized carbons (Fsp3) is 0.462. The quantitative estimate of drug-likeness (QED) is 0.512. The zero-order valence-corrected chi connectivity index (χ0v) is 20.6. The molecule has 2 aliphatic rings. The predicted molar refractivity (Wildman–Crippen MR) is 135 cm³/mol. The van der Waals surface area contributed by atoms with Gasteiger partial charge in [0.25, 0.3) is 0 Å². The summed E-state index contributed by atoms with van der Waals surface area (Å²) in [6.07, 6.45) is 4.30. The molecular weight excluding hydrogens is 468 g/mol. The summed E-state index contributed by atoms with van der Waals surface area (Å²) < 4.78 is 0.